The van der Waals surface area contributed by atoms with Crippen LogP contribution in [0.2, 0.25) is 0 Å². The van der Waals surface area contributed by atoms with E-state index >= 15 is 0 Å². The lowest BCUT2D eigenvalue weighted by molar-refractivity contribution is 0.621. The third-order valence-corrected chi connectivity index (χ3v) is 1.36. The monoisotopic (exact) mass is 166 g/mol. The summed E-state index contributed by atoms with van der Waals surface area (Å²) in [6, 6.07) is 1.44. The average Bonchev–Trinajstić information content (AvgIpc) is 2.05. The van der Waals surface area contributed by atoms with Crippen LogP contribution in [0.5, 0.6) is 0 Å². The normalized spacial score (nSPS) is 10.8. The molecule has 0 unspecified atom stereocenters. The molecule has 0 radical (unpaired) electrons. The van der Waals surface area contributed by atoms with Gasteiger partial charge in [-0.25, -0.2) is 4.39 Å². The summed E-state index contributed by atoms with van der Waals surface area (Å²) in [7, 11) is 1.86. The molecule has 1 aromatic rings. The lowest BCUT2D eigenvalue weighted by atomic mass is 10.2. The Morgan fingerprint density at radius 1 is 1.58 bits per heavy atom. The van der Waals surface area contributed by atoms with Gasteiger partial charge >= 0.3 is 0 Å². The fourth-order valence-corrected chi connectivity index (χ4v) is 0.832. The summed E-state index contributed by atoms with van der Waals surface area (Å²) in [6.45, 7) is 0.774. The second-order valence-electron chi connectivity index (χ2n) is 2.40. The quantitative estimate of drug-likeness (QED) is 0.735. The van der Waals surface area contributed by atoms with E-state index in [-0.39, 0.29) is 5.82 Å². The van der Waals surface area contributed by atoms with Crippen LogP contribution in [0.25, 0.3) is 6.08 Å². The van der Waals surface area contributed by atoms with Crippen LogP contribution in [-0.4, -0.2) is 18.6 Å². The maximum atomic E-state index is 12.6. The van der Waals surface area contributed by atoms with Crippen LogP contribution in [-0.2, 0) is 0 Å². The molecule has 0 bridgehead atoms. The highest BCUT2D eigenvalue weighted by Crippen LogP contribution is 2.02. The van der Waals surface area contributed by atoms with Crippen LogP contribution < -0.4 is 5.32 Å². The first-order chi connectivity index (χ1) is 5.83. The minimum atomic E-state index is -0.304. The van der Waals surface area contributed by atoms with Crippen molar-refractivity contribution in [3.63, 3.8) is 0 Å². The number of hydrogen-bond acceptors (Lipinski definition) is 2. The van der Waals surface area contributed by atoms with Crippen LogP contribution in [0, 0.1) is 5.82 Å². The Bertz CT molecular complexity index is 271. The number of nitrogens with zero attached hydrogens (tertiary/aromatic N) is 1. The fourth-order valence-electron chi connectivity index (χ4n) is 0.832. The van der Waals surface area contributed by atoms with Crippen LogP contribution in [0.15, 0.2) is 24.5 Å². The zero-order chi connectivity index (χ0) is 8.81. The van der Waals surface area contributed by atoms with Crippen LogP contribution >= 0.6 is 0 Å². The highest BCUT2D eigenvalue weighted by atomic mass is 19.1. The second kappa shape index (κ2) is 4.62. The molecule has 0 aliphatic rings. The van der Waals surface area contributed by atoms with Crippen molar-refractivity contribution in [3.8, 4) is 0 Å². The van der Waals surface area contributed by atoms with E-state index in [0.29, 0.717) is 0 Å². The standard InChI is InChI=1S/C9H11FN2/c1-11-4-2-3-8-5-9(10)7-12-6-8/h2-3,5-7,11H,4H2,1H3. The fraction of sp³-hybridized carbons (Fsp3) is 0.222. The van der Waals surface area contributed by atoms with Crippen LogP contribution in [0.4, 0.5) is 4.39 Å². The van der Waals surface area contributed by atoms with Gasteiger partial charge in [-0.15, -0.1) is 0 Å². The van der Waals surface area contributed by atoms with E-state index in [2.05, 4.69) is 10.3 Å². The van der Waals surface area contributed by atoms with Crippen molar-refractivity contribution in [1.82, 2.24) is 10.3 Å². The summed E-state index contributed by atoms with van der Waals surface area (Å²) in [4.78, 5) is 3.72. The number of hydrogen-bond donors (Lipinski definition) is 1. The summed E-state index contributed by atoms with van der Waals surface area (Å²) in [5.41, 5.74) is 0.783. The van der Waals surface area contributed by atoms with E-state index < -0.39 is 0 Å². The molecule has 1 N–H and O–H groups in total. The van der Waals surface area contributed by atoms with Crippen molar-refractivity contribution in [1.29, 1.82) is 0 Å². The largest absolute Gasteiger partial charge is 0.316 e. The molecular weight excluding hydrogens is 155 g/mol. The Balaban J connectivity index is 2.63. The van der Waals surface area contributed by atoms with E-state index in [0.717, 1.165) is 12.1 Å². The molecule has 3 heteroatoms. The average molecular weight is 166 g/mol. The first-order valence-corrected chi connectivity index (χ1v) is 3.74. The third kappa shape index (κ3) is 2.80. The Kier molecular flexibility index (Phi) is 3.41. The predicted molar refractivity (Wildman–Crippen MR) is 47.2 cm³/mol. The maximum Gasteiger partial charge on any atom is 0.142 e. The van der Waals surface area contributed by atoms with Gasteiger partial charge in [-0.1, -0.05) is 12.2 Å². The first kappa shape index (κ1) is 8.87. The summed E-state index contributed by atoms with van der Waals surface area (Å²) in [5, 5.41) is 2.95. The third-order valence-electron chi connectivity index (χ3n) is 1.36. The number of likely N-dealkylation sites (N-methyl/N-ethyl adjacent to an activating group) is 1. The van der Waals surface area contributed by atoms with Gasteiger partial charge in [-0.2, -0.15) is 0 Å². The maximum absolute atomic E-state index is 12.6. The van der Waals surface area contributed by atoms with E-state index in [4.69, 9.17) is 0 Å². The highest BCUT2D eigenvalue weighted by Gasteiger charge is 1.89. The molecule has 0 fully saturated rings. The minimum absolute atomic E-state index is 0.304. The smallest absolute Gasteiger partial charge is 0.142 e. The summed E-state index contributed by atoms with van der Waals surface area (Å²) in [5.74, 6) is -0.304. The molecule has 64 valence electrons. The van der Waals surface area contributed by atoms with E-state index in [9.17, 15) is 4.39 Å². The van der Waals surface area contributed by atoms with Gasteiger partial charge in [0, 0.05) is 12.7 Å². The highest BCUT2D eigenvalue weighted by molar-refractivity contribution is 5.47. The number of rotatable bonds is 3. The van der Waals surface area contributed by atoms with E-state index in [1.165, 1.54) is 12.3 Å². The molecule has 0 amide bonds. The molecule has 0 saturated heterocycles. The SMILES string of the molecule is CNCC=Cc1cncc(F)c1. The second-order valence-corrected chi connectivity index (χ2v) is 2.40. The number of halogens is 1. The molecule has 1 heterocycles. The van der Waals surface area contributed by atoms with Crippen molar-refractivity contribution in [2.75, 3.05) is 13.6 Å². The van der Waals surface area contributed by atoms with Crippen LogP contribution in [0.1, 0.15) is 5.56 Å². The number of aromatic nitrogens is 1. The molecule has 12 heavy (non-hydrogen) atoms. The van der Waals surface area contributed by atoms with Gasteiger partial charge in [-0.05, 0) is 18.7 Å². The Morgan fingerprint density at radius 2 is 2.42 bits per heavy atom. The summed E-state index contributed by atoms with van der Waals surface area (Å²) in [6.07, 6.45) is 6.55. The van der Waals surface area contributed by atoms with Gasteiger partial charge < -0.3 is 5.32 Å². The molecular formula is C9H11FN2. The van der Waals surface area contributed by atoms with Crippen molar-refractivity contribution >= 4 is 6.08 Å². The van der Waals surface area contributed by atoms with E-state index in [1.807, 2.05) is 19.2 Å². The van der Waals surface area contributed by atoms with Gasteiger partial charge in [0.2, 0.25) is 0 Å². The molecule has 0 aliphatic carbocycles. The Hall–Kier alpha value is -1.22. The lowest BCUT2D eigenvalue weighted by Gasteiger charge is -1.92. The van der Waals surface area contributed by atoms with Gasteiger partial charge in [0.15, 0.2) is 0 Å². The van der Waals surface area contributed by atoms with Gasteiger partial charge in [0.25, 0.3) is 0 Å². The molecule has 0 atom stereocenters. The van der Waals surface area contributed by atoms with Crippen molar-refractivity contribution in [2.24, 2.45) is 0 Å². The summed E-state index contributed by atoms with van der Waals surface area (Å²) < 4.78 is 12.6. The molecule has 2 nitrogen and oxygen atoms in total. The molecule has 1 aromatic heterocycles. The lowest BCUT2D eigenvalue weighted by Crippen LogP contribution is -2.03. The Morgan fingerprint density at radius 3 is 3.08 bits per heavy atom. The van der Waals surface area contributed by atoms with Gasteiger partial charge in [0.1, 0.15) is 5.82 Å². The molecule has 0 saturated carbocycles. The molecule has 1 rings (SSSR count). The van der Waals surface area contributed by atoms with Crippen LogP contribution in [0.3, 0.4) is 0 Å². The number of nitrogens with one attached hydrogen (secondary N) is 1. The van der Waals surface area contributed by atoms with Crippen molar-refractivity contribution < 1.29 is 4.39 Å². The topological polar surface area (TPSA) is 24.9 Å². The predicted octanol–water partition coefficient (Wildman–Crippen LogP) is 1.45. The minimum Gasteiger partial charge on any atom is -0.316 e. The van der Waals surface area contributed by atoms with Gasteiger partial charge in [0.05, 0.1) is 6.20 Å². The molecule has 0 aliphatic heterocycles. The van der Waals surface area contributed by atoms with Crippen molar-refractivity contribution in [3.05, 3.63) is 35.9 Å². The zero-order valence-electron chi connectivity index (χ0n) is 6.92. The molecule has 0 spiro atoms. The Labute approximate surface area is 71.1 Å². The van der Waals surface area contributed by atoms with Gasteiger partial charge in [-0.3, -0.25) is 4.98 Å². The molecule has 0 aromatic carbocycles. The summed E-state index contributed by atoms with van der Waals surface area (Å²) >= 11 is 0. The zero-order valence-corrected chi connectivity index (χ0v) is 6.92. The first-order valence-electron chi connectivity index (χ1n) is 3.74. The van der Waals surface area contributed by atoms with Crippen molar-refractivity contribution in [2.45, 2.75) is 0 Å². The van der Waals surface area contributed by atoms with E-state index in [1.54, 1.807) is 6.20 Å². The number of pyridine rings is 1.